The fourth-order valence-electron chi connectivity index (χ4n) is 2.65. The number of fused-ring (bicyclic) bond motifs is 1. The number of carbonyl (C=O) groups is 3. The molecule has 1 aromatic carbocycles. The number of nitrogens with zero attached hydrogens (tertiary/aromatic N) is 3. The van der Waals surface area contributed by atoms with Crippen LogP contribution in [0.4, 0.5) is 4.79 Å². The first-order valence-corrected chi connectivity index (χ1v) is 7.72. The summed E-state index contributed by atoms with van der Waals surface area (Å²) >= 11 is 0. The monoisotopic (exact) mass is 343 g/mol. The maximum Gasteiger partial charge on any atom is 0.344 e. The number of aromatic nitrogens is 2. The number of urea groups is 1. The molecule has 9 nitrogen and oxygen atoms in total. The first-order chi connectivity index (χ1) is 11.8. The van der Waals surface area contributed by atoms with Gasteiger partial charge in [-0.05, 0) is 19.4 Å². The molecule has 1 aromatic heterocycles. The summed E-state index contributed by atoms with van der Waals surface area (Å²) in [7, 11) is 1.42. The number of carbonyl (C=O) groups excluding carboxylic acids is 3. The molecule has 2 N–H and O–H groups in total. The predicted octanol–water partition coefficient (Wildman–Crippen LogP) is 0.299. The van der Waals surface area contributed by atoms with E-state index in [4.69, 9.17) is 0 Å². The highest BCUT2D eigenvalue weighted by Gasteiger charge is 2.47. The van der Waals surface area contributed by atoms with Gasteiger partial charge in [-0.3, -0.25) is 19.8 Å². The van der Waals surface area contributed by atoms with Crippen LogP contribution in [0.15, 0.2) is 29.1 Å². The van der Waals surface area contributed by atoms with Crippen molar-refractivity contribution >= 4 is 28.6 Å². The van der Waals surface area contributed by atoms with Gasteiger partial charge in [-0.2, -0.15) is 10.1 Å². The molecule has 1 unspecified atom stereocenters. The molecule has 1 fully saturated rings. The van der Waals surface area contributed by atoms with Gasteiger partial charge in [0.25, 0.3) is 17.4 Å². The van der Waals surface area contributed by atoms with E-state index in [0.717, 1.165) is 4.68 Å². The zero-order valence-electron chi connectivity index (χ0n) is 14.0. The zero-order chi connectivity index (χ0) is 18.4. The van der Waals surface area contributed by atoms with Crippen LogP contribution in [0, 0.1) is 0 Å². The van der Waals surface area contributed by atoms with Crippen LogP contribution in [0.2, 0.25) is 0 Å². The second-order valence-electron chi connectivity index (χ2n) is 6.02. The third-order valence-electron chi connectivity index (χ3n) is 4.35. The number of aryl methyl sites for hydroxylation is 1. The van der Waals surface area contributed by atoms with Crippen molar-refractivity contribution in [3.8, 4) is 0 Å². The zero-order valence-corrected chi connectivity index (χ0v) is 14.0. The molecule has 3 rings (SSSR count). The van der Waals surface area contributed by atoms with Gasteiger partial charge in [0.1, 0.15) is 5.54 Å². The van der Waals surface area contributed by atoms with Crippen LogP contribution in [0.5, 0.6) is 0 Å². The quantitative estimate of drug-likeness (QED) is 0.778. The van der Waals surface area contributed by atoms with Crippen molar-refractivity contribution in [1.82, 2.24) is 25.5 Å². The average molecular weight is 343 g/mol. The SMILES string of the molecule is CCC1(C)NC(=O)N(NC(=O)c2nn(C)c(=O)c3ccccc23)C1=O. The molecule has 130 valence electrons. The highest BCUT2D eigenvalue weighted by atomic mass is 16.2. The second-order valence-corrected chi connectivity index (χ2v) is 6.02. The topological polar surface area (TPSA) is 113 Å². The van der Waals surface area contributed by atoms with E-state index in [1.54, 1.807) is 38.1 Å². The van der Waals surface area contributed by atoms with Crippen LogP contribution in [0.1, 0.15) is 30.8 Å². The van der Waals surface area contributed by atoms with E-state index in [1.807, 2.05) is 0 Å². The van der Waals surface area contributed by atoms with Crippen LogP contribution in [0.3, 0.4) is 0 Å². The Labute approximate surface area is 142 Å². The Morgan fingerprint density at radius 3 is 2.48 bits per heavy atom. The number of imide groups is 1. The lowest BCUT2D eigenvalue weighted by Crippen LogP contribution is -2.49. The van der Waals surface area contributed by atoms with Gasteiger partial charge in [0.15, 0.2) is 5.69 Å². The summed E-state index contributed by atoms with van der Waals surface area (Å²) in [5, 5.41) is 7.82. The second kappa shape index (κ2) is 5.69. The van der Waals surface area contributed by atoms with Crippen LogP contribution >= 0.6 is 0 Å². The van der Waals surface area contributed by atoms with Crippen LogP contribution in [-0.4, -0.2) is 38.2 Å². The summed E-state index contributed by atoms with van der Waals surface area (Å²) in [4.78, 5) is 49.1. The molecule has 2 heterocycles. The van der Waals surface area contributed by atoms with E-state index in [1.165, 1.54) is 7.05 Å². The van der Waals surface area contributed by atoms with E-state index < -0.39 is 23.4 Å². The number of hydrogen-bond acceptors (Lipinski definition) is 5. The van der Waals surface area contributed by atoms with E-state index in [9.17, 15) is 19.2 Å². The van der Waals surface area contributed by atoms with Crippen molar-refractivity contribution in [2.45, 2.75) is 25.8 Å². The van der Waals surface area contributed by atoms with Gasteiger partial charge < -0.3 is 5.32 Å². The summed E-state index contributed by atoms with van der Waals surface area (Å²) in [5.74, 6) is -1.31. The Kier molecular flexibility index (Phi) is 3.78. The van der Waals surface area contributed by atoms with Crippen LogP contribution < -0.4 is 16.3 Å². The molecule has 9 heteroatoms. The highest BCUT2D eigenvalue weighted by Crippen LogP contribution is 2.20. The average Bonchev–Trinajstić information content (AvgIpc) is 2.82. The van der Waals surface area contributed by atoms with Gasteiger partial charge in [-0.15, -0.1) is 0 Å². The maximum atomic E-state index is 12.6. The van der Waals surface area contributed by atoms with Crippen molar-refractivity contribution in [3.05, 3.63) is 40.3 Å². The summed E-state index contributed by atoms with van der Waals surface area (Å²) in [6.07, 6.45) is 0.380. The summed E-state index contributed by atoms with van der Waals surface area (Å²) in [5.41, 5.74) is 0.813. The third-order valence-corrected chi connectivity index (χ3v) is 4.35. The molecule has 0 saturated carbocycles. The van der Waals surface area contributed by atoms with Gasteiger partial charge in [0, 0.05) is 12.4 Å². The van der Waals surface area contributed by atoms with Crippen molar-refractivity contribution in [2.24, 2.45) is 7.05 Å². The Bertz CT molecular complexity index is 967. The Morgan fingerprint density at radius 2 is 1.88 bits per heavy atom. The van der Waals surface area contributed by atoms with Gasteiger partial charge in [-0.25, -0.2) is 9.48 Å². The van der Waals surface area contributed by atoms with Crippen molar-refractivity contribution in [1.29, 1.82) is 0 Å². The largest absolute Gasteiger partial charge is 0.344 e. The fraction of sp³-hybridized carbons (Fsp3) is 0.312. The minimum Gasteiger partial charge on any atom is -0.322 e. The fourth-order valence-corrected chi connectivity index (χ4v) is 2.65. The van der Waals surface area contributed by atoms with E-state index in [0.29, 0.717) is 22.2 Å². The molecule has 0 spiro atoms. The smallest absolute Gasteiger partial charge is 0.322 e. The molecular weight excluding hydrogens is 326 g/mol. The molecule has 4 amide bonds. The minimum atomic E-state index is -1.07. The van der Waals surface area contributed by atoms with Crippen LogP contribution in [-0.2, 0) is 11.8 Å². The van der Waals surface area contributed by atoms with Crippen molar-refractivity contribution in [2.75, 3.05) is 0 Å². The van der Waals surface area contributed by atoms with Crippen LogP contribution in [0.25, 0.3) is 10.8 Å². The standard InChI is InChI=1S/C16H17N5O4/c1-4-16(2)14(24)21(15(25)17-16)19-12(22)11-9-7-5-6-8-10(9)13(23)20(3)18-11/h5-8H,4H2,1-3H3,(H,17,25)(H,19,22). The third kappa shape index (κ3) is 2.53. The number of benzene rings is 1. The number of hydrazine groups is 1. The number of nitrogens with one attached hydrogen (secondary N) is 2. The molecule has 2 aromatic rings. The molecule has 0 bridgehead atoms. The normalized spacial score (nSPS) is 20.0. The summed E-state index contributed by atoms with van der Waals surface area (Å²) < 4.78 is 1.04. The molecule has 0 aliphatic carbocycles. The first kappa shape index (κ1) is 16.6. The molecule has 25 heavy (non-hydrogen) atoms. The Balaban J connectivity index is 1.99. The molecule has 1 aliphatic heterocycles. The van der Waals surface area contributed by atoms with E-state index in [2.05, 4.69) is 15.8 Å². The number of hydrogen-bond donors (Lipinski definition) is 2. The van der Waals surface area contributed by atoms with Crippen molar-refractivity contribution < 1.29 is 14.4 Å². The predicted molar refractivity (Wildman–Crippen MR) is 88.5 cm³/mol. The molecule has 1 aliphatic rings. The van der Waals surface area contributed by atoms with E-state index in [-0.39, 0.29) is 11.3 Å². The highest BCUT2D eigenvalue weighted by molar-refractivity contribution is 6.11. The van der Waals surface area contributed by atoms with Gasteiger partial charge in [0.05, 0.1) is 5.39 Å². The minimum absolute atomic E-state index is 0.0524. The lowest BCUT2D eigenvalue weighted by Gasteiger charge is -2.19. The molecule has 1 atom stereocenters. The van der Waals surface area contributed by atoms with Gasteiger partial charge in [-0.1, -0.05) is 25.1 Å². The molecular formula is C16H17N5O4. The van der Waals surface area contributed by atoms with E-state index >= 15 is 0 Å². The Morgan fingerprint density at radius 1 is 1.24 bits per heavy atom. The number of rotatable bonds is 3. The summed E-state index contributed by atoms with van der Waals surface area (Å²) in [6, 6.07) is 5.80. The van der Waals surface area contributed by atoms with Gasteiger partial charge in [0.2, 0.25) is 0 Å². The van der Waals surface area contributed by atoms with Crippen molar-refractivity contribution in [3.63, 3.8) is 0 Å². The maximum absolute atomic E-state index is 12.6. The first-order valence-electron chi connectivity index (χ1n) is 7.72. The molecule has 1 saturated heterocycles. The Hall–Kier alpha value is -3.23. The lowest BCUT2D eigenvalue weighted by molar-refractivity contribution is -0.132. The summed E-state index contributed by atoms with van der Waals surface area (Å²) in [6.45, 7) is 3.34. The molecule has 0 radical (unpaired) electrons. The number of amides is 4. The lowest BCUT2D eigenvalue weighted by atomic mass is 10.00. The van der Waals surface area contributed by atoms with Gasteiger partial charge >= 0.3 is 6.03 Å².